The van der Waals surface area contributed by atoms with Gasteiger partial charge >= 0.3 is 0 Å². The van der Waals surface area contributed by atoms with Crippen molar-refractivity contribution in [2.75, 3.05) is 7.11 Å². The maximum Gasteiger partial charge on any atom is 0.119 e. The molecule has 1 atom stereocenters. The fourth-order valence-corrected chi connectivity index (χ4v) is 4.54. The molecule has 0 aliphatic heterocycles. The predicted molar refractivity (Wildman–Crippen MR) is 92.3 cm³/mol. The maximum atomic E-state index is 6.45. The van der Waals surface area contributed by atoms with E-state index in [1.165, 1.54) is 41.7 Å². The van der Waals surface area contributed by atoms with Crippen molar-refractivity contribution >= 4 is 27.3 Å². The van der Waals surface area contributed by atoms with E-state index in [1.54, 1.807) is 12.0 Å². The Morgan fingerprint density at radius 1 is 1.29 bits per heavy atom. The first-order valence-electron chi connectivity index (χ1n) is 7.37. The summed E-state index contributed by atoms with van der Waals surface area (Å²) in [5, 5.41) is 0. The normalized spacial score (nSPS) is 15.6. The van der Waals surface area contributed by atoms with Crippen LogP contribution in [-0.2, 0) is 19.3 Å². The van der Waals surface area contributed by atoms with Crippen molar-refractivity contribution in [2.24, 2.45) is 5.73 Å². The molecule has 0 radical (unpaired) electrons. The van der Waals surface area contributed by atoms with E-state index in [1.807, 2.05) is 23.5 Å². The van der Waals surface area contributed by atoms with Gasteiger partial charge in [0.05, 0.1) is 7.11 Å². The van der Waals surface area contributed by atoms with E-state index >= 15 is 0 Å². The molecule has 2 N–H and O–H groups in total. The Hall–Kier alpha value is -0.840. The highest BCUT2D eigenvalue weighted by molar-refractivity contribution is 9.10. The van der Waals surface area contributed by atoms with Crippen LogP contribution in [0.1, 0.15) is 39.8 Å². The van der Waals surface area contributed by atoms with Crippen LogP contribution in [0.2, 0.25) is 0 Å². The van der Waals surface area contributed by atoms with Crippen LogP contribution >= 0.6 is 27.3 Å². The first-order valence-corrected chi connectivity index (χ1v) is 8.98. The highest BCUT2D eigenvalue weighted by Gasteiger charge is 2.18. The lowest BCUT2D eigenvalue weighted by molar-refractivity contribution is 0.414. The highest BCUT2D eigenvalue weighted by Crippen LogP contribution is 2.34. The second kappa shape index (κ2) is 6.51. The summed E-state index contributed by atoms with van der Waals surface area (Å²) < 4.78 is 6.40. The Bertz CT molecular complexity index is 614. The monoisotopic (exact) mass is 365 g/mol. The van der Waals surface area contributed by atoms with Crippen molar-refractivity contribution in [1.29, 1.82) is 0 Å². The van der Waals surface area contributed by atoms with Gasteiger partial charge in [-0.1, -0.05) is 15.9 Å². The zero-order valence-electron chi connectivity index (χ0n) is 12.2. The third-order valence-electron chi connectivity index (χ3n) is 4.07. The number of rotatable bonds is 4. The highest BCUT2D eigenvalue weighted by atomic mass is 79.9. The predicted octanol–water partition coefficient (Wildman–Crippen LogP) is 4.64. The lowest BCUT2D eigenvalue weighted by Crippen LogP contribution is -2.12. The van der Waals surface area contributed by atoms with Gasteiger partial charge in [0.2, 0.25) is 0 Å². The summed E-state index contributed by atoms with van der Waals surface area (Å²) >= 11 is 5.52. The van der Waals surface area contributed by atoms with Crippen LogP contribution in [-0.4, -0.2) is 7.11 Å². The van der Waals surface area contributed by atoms with Crippen LogP contribution in [0, 0.1) is 0 Å². The molecule has 1 aliphatic carbocycles. The molecule has 2 nitrogen and oxygen atoms in total. The van der Waals surface area contributed by atoms with Crippen molar-refractivity contribution in [2.45, 2.75) is 38.1 Å². The third-order valence-corrected chi connectivity index (χ3v) is 6.22. The molecule has 0 bridgehead atoms. The SMILES string of the molecule is COc1ccc(Br)c(CC(N)c2cc3c(s2)CCCC3)c1. The molecule has 3 rings (SSSR count). The fourth-order valence-electron chi connectivity index (χ4n) is 2.87. The quantitative estimate of drug-likeness (QED) is 0.856. The zero-order valence-corrected chi connectivity index (χ0v) is 14.6. The van der Waals surface area contributed by atoms with Gasteiger partial charge in [0, 0.05) is 20.3 Å². The number of benzene rings is 1. The van der Waals surface area contributed by atoms with Crippen LogP contribution in [0.15, 0.2) is 28.7 Å². The molecule has 2 aromatic rings. The molecule has 0 saturated carbocycles. The Labute approximate surface area is 138 Å². The van der Waals surface area contributed by atoms with E-state index in [0.717, 1.165) is 16.6 Å². The second-order valence-electron chi connectivity index (χ2n) is 5.57. The van der Waals surface area contributed by atoms with Crippen molar-refractivity contribution in [1.82, 2.24) is 0 Å². The van der Waals surface area contributed by atoms with Crippen LogP contribution in [0.4, 0.5) is 0 Å². The lowest BCUT2D eigenvalue weighted by Gasteiger charge is -2.12. The topological polar surface area (TPSA) is 35.2 Å². The van der Waals surface area contributed by atoms with E-state index in [2.05, 4.69) is 28.1 Å². The number of methoxy groups -OCH3 is 1. The maximum absolute atomic E-state index is 6.45. The number of nitrogens with two attached hydrogens (primary N) is 1. The third kappa shape index (κ3) is 3.33. The fraction of sp³-hybridized carbons (Fsp3) is 0.412. The summed E-state index contributed by atoms with van der Waals surface area (Å²) in [7, 11) is 1.69. The molecule has 1 aromatic carbocycles. The molecule has 0 fully saturated rings. The van der Waals surface area contributed by atoms with Gasteiger partial charge in [0.1, 0.15) is 5.75 Å². The zero-order chi connectivity index (χ0) is 14.8. The summed E-state index contributed by atoms with van der Waals surface area (Å²) in [6, 6.07) is 8.45. The first-order chi connectivity index (χ1) is 10.2. The summed E-state index contributed by atoms with van der Waals surface area (Å²) in [6.45, 7) is 0. The van der Waals surface area contributed by atoms with Crippen molar-refractivity contribution in [3.05, 3.63) is 49.6 Å². The largest absolute Gasteiger partial charge is 0.497 e. The van der Waals surface area contributed by atoms with Gasteiger partial charge in [-0.2, -0.15) is 0 Å². The van der Waals surface area contributed by atoms with Crippen LogP contribution in [0.3, 0.4) is 0 Å². The second-order valence-corrected chi connectivity index (χ2v) is 7.59. The van der Waals surface area contributed by atoms with E-state index in [-0.39, 0.29) is 6.04 Å². The standard InChI is InChI=1S/C17H20BrNOS/c1-20-13-6-7-14(18)12(8-13)9-15(19)17-10-11-4-2-3-5-16(11)21-17/h6-8,10,15H,2-5,9,19H2,1H3. The molecule has 1 aromatic heterocycles. The average molecular weight is 366 g/mol. The van der Waals surface area contributed by atoms with Gasteiger partial charge in [0.15, 0.2) is 0 Å². The number of thiophene rings is 1. The minimum Gasteiger partial charge on any atom is -0.497 e. The van der Waals surface area contributed by atoms with E-state index in [0.29, 0.717) is 0 Å². The van der Waals surface area contributed by atoms with Crippen molar-refractivity contribution in [3.63, 3.8) is 0 Å². The Morgan fingerprint density at radius 2 is 2.10 bits per heavy atom. The molecular formula is C17H20BrNOS. The minimum absolute atomic E-state index is 0.0593. The van der Waals surface area contributed by atoms with Crippen LogP contribution in [0.5, 0.6) is 5.75 Å². The minimum atomic E-state index is 0.0593. The van der Waals surface area contributed by atoms with Crippen molar-refractivity contribution < 1.29 is 4.74 Å². The molecule has 112 valence electrons. The summed E-state index contributed by atoms with van der Waals surface area (Å²) in [4.78, 5) is 2.87. The first kappa shape index (κ1) is 15.1. The number of fused-ring (bicyclic) bond motifs is 1. The summed E-state index contributed by atoms with van der Waals surface area (Å²) in [5.74, 6) is 0.880. The molecule has 1 heterocycles. The number of hydrogen-bond acceptors (Lipinski definition) is 3. The van der Waals surface area contributed by atoms with E-state index in [9.17, 15) is 0 Å². The molecule has 0 saturated heterocycles. The van der Waals surface area contributed by atoms with Gasteiger partial charge in [-0.15, -0.1) is 11.3 Å². The smallest absolute Gasteiger partial charge is 0.119 e. The Balaban J connectivity index is 1.79. The molecule has 0 amide bonds. The van der Waals surface area contributed by atoms with Gasteiger partial charge in [-0.3, -0.25) is 0 Å². The number of halogens is 1. The number of aryl methyl sites for hydroxylation is 2. The molecule has 21 heavy (non-hydrogen) atoms. The van der Waals surface area contributed by atoms with Crippen LogP contribution < -0.4 is 10.5 Å². The number of hydrogen-bond donors (Lipinski definition) is 1. The Kier molecular flexibility index (Phi) is 4.67. The van der Waals surface area contributed by atoms with E-state index in [4.69, 9.17) is 10.5 Å². The van der Waals surface area contributed by atoms with Crippen molar-refractivity contribution in [3.8, 4) is 5.75 Å². The van der Waals surface area contributed by atoms with Gasteiger partial charge in [-0.25, -0.2) is 0 Å². The molecule has 1 unspecified atom stereocenters. The molecular weight excluding hydrogens is 346 g/mol. The molecule has 1 aliphatic rings. The molecule has 0 spiro atoms. The van der Waals surface area contributed by atoms with Gasteiger partial charge in [-0.05, 0) is 67.5 Å². The van der Waals surface area contributed by atoms with Gasteiger partial charge < -0.3 is 10.5 Å². The number of ether oxygens (including phenoxy) is 1. The van der Waals surface area contributed by atoms with Crippen LogP contribution in [0.25, 0.3) is 0 Å². The lowest BCUT2D eigenvalue weighted by atomic mass is 9.98. The summed E-state index contributed by atoms with van der Waals surface area (Å²) in [6.07, 6.45) is 5.93. The average Bonchev–Trinajstić information content (AvgIpc) is 2.93. The molecule has 4 heteroatoms. The van der Waals surface area contributed by atoms with Gasteiger partial charge in [0.25, 0.3) is 0 Å². The Morgan fingerprint density at radius 3 is 2.86 bits per heavy atom. The summed E-state index contributed by atoms with van der Waals surface area (Å²) in [5.41, 5.74) is 9.18. The van der Waals surface area contributed by atoms with E-state index < -0.39 is 0 Å².